The maximum Gasteiger partial charge on any atom is 0.337 e. The van der Waals surface area contributed by atoms with Gasteiger partial charge in [0.1, 0.15) is 34.5 Å². The largest absolute Gasteiger partial charge is 0.502 e. The van der Waals surface area contributed by atoms with E-state index in [9.17, 15) is 64.7 Å². The summed E-state index contributed by atoms with van der Waals surface area (Å²) in [5.74, 6) is -9.03. The van der Waals surface area contributed by atoms with Gasteiger partial charge in [-0.3, -0.25) is 14.2 Å². The molecule has 2 aromatic carbocycles. The number of aromatic nitrogens is 5. The Kier molecular flexibility index (Phi) is 13.1. The smallest absolute Gasteiger partial charge is 0.337 e. The predicted octanol–water partition coefficient (Wildman–Crippen LogP) is 5.63. The summed E-state index contributed by atoms with van der Waals surface area (Å²) in [6, 6.07) is 8.33. The lowest BCUT2D eigenvalue weighted by molar-refractivity contribution is 0.0677. The molecule has 0 fully saturated rings. The first kappa shape index (κ1) is 44.9. The number of hydrogen-bond acceptors (Lipinski definition) is 18. The number of hydrogen-bond donors (Lipinski definition) is 7. The van der Waals surface area contributed by atoms with Gasteiger partial charge in [-0.25, -0.2) is 28.6 Å². The van der Waals surface area contributed by atoms with Gasteiger partial charge in [-0.05, 0) is 62.2 Å². The summed E-state index contributed by atoms with van der Waals surface area (Å²) in [6.45, 7) is 10.6. The molecule has 0 bridgehead atoms. The van der Waals surface area contributed by atoms with Crippen LogP contribution < -0.4 is 16.4 Å². The van der Waals surface area contributed by atoms with Gasteiger partial charge in [-0.15, -0.1) is 20.5 Å². The number of aliphatic imine (C=N–C) groups is 1. The standard InChI is InChI=1S/C37H26ClN13O12/c1-14-21(13-39)27(52)50(28(53)23(14)46-48-25-17(31(56)57)7-5-8-18(25)32(58)59)12-11-41-36-43-35(38)44-37(45-36)42-16(3)51-29(54)22(40-4)15(2)24(30(51)55)47-49-26-19(33(60)61)9-6-10-20(26)34(62)63/h5-10,52,54H,11-12H2,1-3H3,(H,56,57)(H,58,59)(H,60,61)(H,62,63)(H,41,43,44,45). The van der Waals surface area contributed by atoms with E-state index < -0.39 is 121 Å². The number of halogens is 1. The zero-order chi connectivity index (χ0) is 46.4. The third kappa shape index (κ3) is 9.02. The van der Waals surface area contributed by atoms with E-state index in [1.54, 1.807) is 6.07 Å². The molecule has 0 unspecified atom stereocenters. The van der Waals surface area contributed by atoms with Crippen LogP contribution in [0.15, 0.2) is 71.4 Å². The molecule has 0 aliphatic rings. The van der Waals surface area contributed by atoms with Gasteiger partial charge in [0.05, 0.1) is 28.8 Å². The first-order valence-corrected chi connectivity index (χ1v) is 17.7. The van der Waals surface area contributed by atoms with Crippen molar-refractivity contribution in [3.8, 4) is 17.8 Å². The number of anilines is 1. The number of rotatable bonds is 13. The Morgan fingerprint density at radius 2 is 1.25 bits per heavy atom. The van der Waals surface area contributed by atoms with E-state index in [-0.39, 0.29) is 29.5 Å². The minimum Gasteiger partial charge on any atom is -0.502 e. The van der Waals surface area contributed by atoms with Crippen LogP contribution in [0.3, 0.4) is 0 Å². The van der Waals surface area contributed by atoms with Crippen LogP contribution >= 0.6 is 11.6 Å². The van der Waals surface area contributed by atoms with Crippen molar-refractivity contribution in [3.05, 3.63) is 113 Å². The van der Waals surface area contributed by atoms with Gasteiger partial charge in [0.25, 0.3) is 22.8 Å². The average molecular weight is 880 g/mol. The van der Waals surface area contributed by atoms with Crippen molar-refractivity contribution in [2.24, 2.45) is 25.4 Å². The Bertz CT molecular complexity index is 3040. The van der Waals surface area contributed by atoms with E-state index >= 15 is 0 Å². The molecular weight excluding hydrogens is 854 g/mol. The lowest BCUT2D eigenvalue weighted by atomic mass is 10.1. The number of carboxylic acid groups (broad SMARTS) is 4. The Labute approximate surface area is 355 Å². The summed E-state index contributed by atoms with van der Waals surface area (Å²) in [5.41, 5.74) is -8.00. The van der Waals surface area contributed by atoms with Crippen LogP contribution in [-0.2, 0) is 6.54 Å². The predicted molar refractivity (Wildman–Crippen MR) is 216 cm³/mol. The number of nitrogens with one attached hydrogen (secondary N) is 1. The summed E-state index contributed by atoms with van der Waals surface area (Å²) in [4.78, 5) is 93.7. The maximum absolute atomic E-state index is 13.7. The number of carboxylic acids is 4. The summed E-state index contributed by atoms with van der Waals surface area (Å²) >= 11 is 6.11. The van der Waals surface area contributed by atoms with Crippen LogP contribution in [0.4, 0.5) is 40.3 Å². The highest BCUT2D eigenvalue weighted by atomic mass is 35.5. The van der Waals surface area contributed by atoms with Crippen molar-refractivity contribution in [1.29, 1.82) is 5.26 Å². The number of nitriles is 1. The second-order valence-electron chi connectivity index (χ2n) is 12.5. The van der Waals surface area contributed by atoms with Crippen LogP contribution in [0.5, 0.6) is 11.8 Å². The number of aromatic hydroxyl groups is 2. The van der Waals surface area contributed by atoms with Gasteiger partial charge in [0.2, 0.25) is 23.0 Å². The van der Waals surface area contributed by atoms with Crippen LogP contribution in [0, 0.1) is 31.8 Å². The molecule has 0 atom stereocenters. The molecule has 0 aliphatic carbocycles. The normalized spacial score (nSPS) is 11.4. The number of azo groups is 2. The molecule has 5 rings (SSSR count). The number of benzene rings is 2. The van der Waals surface area contributed by atoms with Gasteiger partial charge in [0.15, 0.2) is 5.69 Å². The summed E-state index contributed by atoms with van der Waals surface area (Å²) < 4.78 is 1.23. The summed E-state index contributed by atoms with van der Waals surface area (Å²) in [7, 11) is 0. The van der Waals surface area contributed by atoms with Gasteiger partial charge in [0, 0.05) is 18.7 Å². The molecule has 0 radical (unpaired) electrons. The molecule has 5 aromatic rings. The summed E-state index contributed by atoms with van der Waals surface area (Å²) in [6.07, 6.45) is 0. The van der Waals surface area contributed by atoms with E-state index in [0.29, 0.717) is 9.13 Å². The second-order valence-corrected chi connectivity index (χ2v) is 12.8. The minimum absolute atomic E-state index is 0.159. The van der Waals surface area contributed by atoms with Crippen LogP contribution in [0.25, 0.3) is 4.85 Å². The maximum atomic E-state index is 13.7. The van der Waals surface area contributed by atoms with Crippen molar-refractivity contribution in [2.45, 2.75) is 27.3 Å². The lowest BCUT2D eigenvalue weighted by Gasteiger charge is -2.14. The van der Waals surface area contributed by atoms with E-state index in [1.807, 2.05) is 0 Å². The molecule has 0 spiro atoms. The Hall–Kier alpha value is -9.23. The van der Waals surface area contributed by atoms with E-state index in [1.165, 1.54) is 26.8 Å². The first-order valence-electron chi connectivity index (χ1n) is 17.3. The average Bonchev–Trinajstić information content (AvgIpc) is 3.21. The topological polar surface area (TPSA) is 374 Å². The third-order valence-electron chi connectivity index (χ3n) is 8.71. The SMILES string of the molecule is [C-]#[N+]c1c(C)c(N=Nc2c(C(=O)O)cccc2C(=O)O)c(=O)n(C(C)=Nc2nc(Cl)nc(NCCn3c(O)c(C#N)c(C)c(N=Nc4c(C(=O)O)cccc4C(=O)O)c3=O)n2)c1O. The number of aromatic carboxylic acids is 4. The van der Waals surface area contributed by atoms with Crippen molar-refractivity contribution in [1.82, 2.24) is 24.1 Å². The molecule has 7 N–H and O–H groups in total. The molecule has 318 valence electrons. The third-order valence-corrected chi connectivity index (χ3v) is 8.88. The highest BCUT2D eigenvalue weighted by Crippen LogP contribution is 2.36. The molecule has 0 saturated heterocycles. The highest BCUT2D eigenvalue weighted by molar-refractivity contribution is 6.28. The van der Waals surface area contributed by atoms with Gasteiger partial charge >= 0.3 is 23.9 Å². The van der Waals surface area contributed by atoms with E-state index in [4.69, 9.17) is 18.2 Å². The zero-order valence-electron chi connectivity index (χ0n) is 32.3. The Morgan fingerprint density at radius 3 is 1.71 bits per heavy atom. The van der Waals surface area contributed by atoms with E-state index in [0.717, 1.165) is 30.3 Å². The molecule has 0 amide bonds. The fourth-order valence-electron chi connectivity index (χ4n) is 5.70. The molecule has 63 heavy (non-hydrogen) atoms. The molecule has 3 heterocycles. The number of nitrogens with zero attached hydrogens (tertiary/aromatic N) is 12. The molecule has 26 heteroatoms. The molecular formula is C37H26ClN13O12. The van der Waals surface area contributed by atoms with Crippen molar-refractivity contribution < 1.29 is 49.8 Å². The second kappa shape index (κ2) is 18.4. The van der Waals surface area contributed by atoms with Crippen molar-refractivity contribution in [2.75, 3.05) is 11.9 Å². The van der Waals surface area contributed by atoms with E-state index in [2.05, 4.69) is 50.6 Å². The monoisotopic (exact) mass is 879 g/mol. The van der Waals surface area contributed by atoms with Crippen LogP contribution in [0.2, 0.25) is 5.28 Å². The lowest BCUT2D eigenvalue weighted by Crippen LogP contribution is -2.26. The van der Waals surface area contributed by atoms with Crippen molar-refractivity contribution in [3.63, 3.8) is 0 Å². The highest BCUT2D eigenvalue weighted by Gasteiger charge is 2.25. The zero-order valence-corrected chi connectivity index (χ0v) is 33.0. The van der Waals surface area contributed by atoms with Gasteiger partial charge in [-0.2, -0.15) is 25.2 Å². The quantitative estimate of drug-likeness (QED) is 0.0326. The number of carbonyl (C=O) groups is 4. The van der Waals surface area contributed by atoms with Crippen molar-refractivity contribution >= 4 is 81.6 Å². The first-order chi connectivity index (χ1) is 29.8. The van der Waals surface area contributed by atoms with Crippen LogP contribution in [-0.4, -0.2) is 91.0 Å². The number of pyridine rings is 2. The fourth-order valence-corrected chi connectivity index (χ4v) is 5.86. The van der Waals surface area contributed by atoms with Gasteiger partial charge < -0.3 is 36.0 Å². The summed E-state index contributed by atoms with van der Waals surface area (Å²) in [5, 5.41) is 87.2. The molecule has 0 saturated carbocycles. The Morgan fingerprint density at radius 1 is 0.778 bits per heavy atom. The molecule has 25 nitrogen and oxygen atoms in total. The van der Waals surface area contributed by atoms with Crippen LogP contribution in [0.1, 0.15) is 65.0 Å². The van der Waals surface area contributed by atoms with Gasteiger partial charge in [-0.1, -0.05) is 12.1 Å². The molecule has 3 aromatic heterocycles. The molecule has 0 aliphatic heterocycles. The minimum atomic E-state index is -1.55. The Balaban J connectivity index is 1.49. The fraction of sp³-hybridized carbons (Fsp3) is 0.135.